The smallest absolute Gasteiger partial charge is 0.257 e. The van der Waals surface area contributed by atoms with Crippen molar-refractivity contribution < 1.29 is 8.42 Å². The van der Waals surface area contributed by atoms with Gasteiger partial charge in [0.2, 0.25) is 10.0 Å². The Kier molecular flexibility index (Phi) is 7.26. The summed E-state index contributed by atoms with van der Waals surface area (Å²) in [6.07, 6.45) is 3.30. The Morgan fingerprint density at radius 2 is 1.85 bits per heavy atom. The van der Waals surface area contributed by atoms with E-state index >= 15 is 0 Å². The van der Waals surface area contributed by atoms with Crippen LogP contribution in [-0.4, -0.2) is 29.8 Å². The molecule has 0 amide bonds. The van der Waals surface area contributed by atoms with Crippen molar-refractivity contribution in [3.63, 3.8) is 0 Å². The highest BCUT2D eigenvalue weighted by atomic mass is 35.5. The van der Waals surface area contributed by atoms with Crippen molar-refractivity contribution in [2.75, 3.05) is 5.75 Å². The van der Waals surface area contributed by atoms with Gasteiger partial charge in [-0.2, -0.15) is 0 Å². The molecule has 1 aliphatic rings. The van der Waals surface area contributed by atoms with Crippen molar-refractivity contribution in [2.24, 2.45) is 0 Å². The van der Waals surface area contributed by atoms with Gasteiger partial charge in [-0.1, -0.05) is 48.0 Å². The maximum atomic E-state index is 13.5. The lowest BCUT2D eigenvalue weighted by molar-refractivity contribution is 0.412. The van der Waals surface area contributed by atoms with E-state index in [1.54, 1.807) is 17.8 Å². The molecule has 2 atom stereocenters. The Labute approximate surface area is 206 Å². The lowest BCUT2D eigenvalue weighted by Gasteiger charge is -2.33. The zero-order chi connectivity index (χ0) is 24.5. The number of fused-ring (bicyclic) bond motifs is 1. The maximum Gasteiger partial charge on any atom is 0.257 e. The van der Waals surface area contributed by atoms with Gasteiger partial charge in [-0.15, -0.1) is 0 Å². The van der Waals surface area contributed by atoms with Crippen LogP contribution in [0.3, 0.4) is 0 Å². The molecule has 4 rings (SSSR count). The summed E-state index contributed by atoms with van der Waals surface area (Å²) >= 11 is 6.19. The molecule has 0 fully saturated rings. The van der Waals surface area contributed by atoms with E-state index in [4.69, 9.17) is 11.6 Å². The molecule has 0 radical (unpaired) electrons. The summed E-state index contributed by atoms with van der Waals surface area (Å²) < 4.78 is 29.5. The van der Waals surface area contributed by atoms with Crippen LogP contribution in [0.1, 0.15) is 56.0 Å². The average Bonchev–Trinajstić information content (AvgIpc) is 2.80. The number of halogens is 1. The first-order valence-corrected chi connectivity index (χ1v) is 13.7. The molecule has 0 saturated carbocycles. The molecule has 1 heterocycles. The number of sulfonamides is 1. The molecule has 0 unspecified atom stereocenters. The number of aryl methyl sites for hydroxylation is 1. The molecule has 1 aromatic heterocycles. The molecule has 6 nitrogen and oxygen atoms in total. The molecule has 2 aromatic carbocycles. The highest BCUT2D eigenvalue weighted by Gasteiger charge is 2.35. The van der Waals surface area contributed by atoms with Crippen LogP contribution in [0.2, 0.25) is 5.02 Å². The first-order chi connectivity index (χ1) is 16.2. The van der Waals surface area contributed by atoms with Gasteiger partial charge in [0, 0.05) is 28.6 Å². The second kappa shape index (κ2) is 10.0. The maximum absolute atomic E-state index is 13.5. The van der Waals surface area contributed by atoms with Gasteiger partial charge < -0.3 is 0 Å². The Balaban J connectivity index is 1.78. The van der Waals surface area contributed by atoms with Crippen LogP contribution in [0, 0.1) is 0 Å². The van der Waals surface area contributed by atoms with Gasteiger partial charge >= 0.3 is 0 Å². The standard InChI is InChI=1S/C26H30ClN3O3S/c1-4-34(32,33)29-23-11-12-24-25(26(31)30(16-28-24)17(2)3)22(23)14-18-7-5-8-19(13-18)20-9-6-10-21(27)15-20/h5-10,13,15-17,22-23,29H,4,11-12,14H2,1-3H3/t22-,23-/m0/s1. The molecule has 0 aliphatic heterocycles. The van der Waals surface area contributed by atoms with Gasteiger partial charge in [-0.3, -0.25) is 9.36 Å². The Morgan fingerprint density at radius 3 is 2.53 bits per heavy atom. The van der Waals surface area contributed by atoms with Gasteiger partial charge in [0.15, 0.2) is 0 Å². The zero-order valence-corrected chi connectivity index (χ0v) is 21.2. The summed E-state index contributed by atoms with van der Waals surface area (Å²) in [5.74, 6) is -0.317. The minimum Gasteiger partial charge on any atom is -0.296 e. The molecule has 0 spiro atoms. The highest BCUT2D eigenvalue weighted by molar-refractivity contribution is 7.89. The minimum atomic E-state index is -3.44. The van der Waals surface area contributed by atoms with Crippen molar-refractivity contribution in [1.82, 2.24) is 14.3 Å². The van der Waals surface area contributed by atoms with Crippen molar-refractivity contribution in [1.29, 1.82) is 0 Å². The molecule has 34 heavy (non-hydrogen) atoms. The molecular formula is C26H30ClN3O3S. The topological polar surface area (TPSA) is 81.1 Å². The normalized spacial score (nSPS) is 18.1. The number of aromatic nitrogens is 2. The van der Waals surface area contributed by atoms with Crippen LogP contribution in [0.5, 0.6) is 0 Å². The van der Waals surface area contributed by atoms with E-state index in [0.29, 0.717) is 29.8 Å². The van der Waals surface area contributed by atoms with E-state index in [1.165, 1.54) is 0 Å². The summed E-state index contributed by atoms with van der Waals surface area (Å²) in [7, 11) is -3.44. The van der Waals surface area contributed by atoms with Crippen LogP contribution in [0.4, 0.5) is 0 Å². The van der Waals surface area contributed by atoms with Crippen LogP contribution < -0.4 is 10.3 Å². The van der Waals surface area contributed by atoms with E-state index in [0.717, 1.165) is 22.4 Å². The minimum absolute atomic E-state index is 0.00338. The number of nitrogens with zero attached hydrogens (tertiary/aromatic N) is 2. The van der Waals surface area contributed by atoms with Crippen molar-refractivity contribution in [3.8, 4) is 11.1 Å². The van der Waals surface area contributed by atoms with Crippen LogP contribution in [0.25, 0.3) is 11.1 Å². The van der Waals surface area contributed by atoms with Crippen LogP contribution >= 0.6 is 11.6 Å². The molecule has 3 aromatic rings. The third kappa shape index (κ3) is 5.27. The van der Waals surface area contributed by atoms with Gasteiger partial charge in [0.05, 0.1) is 17.8 Å². The highest BCUT2D eigenvalue weighted by Crippen LogP contribution is 2.33. The fourth-order valence-electron chi connectivity index (χ4n) is 4.65. The molecule has 180 valence electrons. The number of hydrogen-bond donors (Lipinski definition) is 1. The molecular weight excluding hydrogens is 470 g/mol. The Morgan fingerprint density at radius 1 is 1.15 bits per heavy atom. The third-order valence-corrected chi connectivity index (χ3v) is 8.13. The summed E-state index contributed by atoms with van der Waals surface area (Å²) in [6.45, 7) is 5.51. The molecule has 0 bridgehead atoms. The Bertz CT molecular complexity index is 1350. The molecule has 8 heteroatoms. The first kappa shape index (κ1) is 24.6. The second-order valence-electron chi connectivity index (χ2n) is 9.10. The van der Waals surface area contributed by atoms with E-state index in [9.17, 15) is 13.2 Å². The Hall–Kier alpha value is -2.48. The van der Waals surface area contributed by atoms with Gasteiger partial charge in [-0.05, 0) is 68.9 Å². The van der Waals surface area contributed by atoms with Gasteiger partial charge in [-0.25, -0.2) is 18.1 Å². The third-order valence-electron chi connectivity index (χ3n) is 6.47. The predicted octanol–water partition coefficient (Wildman–Crippen LogP) is 4.73. The van der Waals surface area contributed by atoms with Crippen molar-refractivity contribution in [3.05, 3.63) is 87.1 Å². The summed E-state index contributed by atoms with van der Waals surface area (Å²) in [6, 6.07) is 15.4. The van der Waals surface area contributed by atoms with Crippen LogP contribution in [-0.2, 0) is 22.9 Å². The van der Waals surface area contributed by atoms with Gasteiger partial charge in [0.25, 0.3) is 5.56 Å². The quantitative estimate of drug-likeness (QED) is 0.509. The lowest BCUT2D eigenvalue weighted by Crippen LogP contribution is -2.46. The number of nitrogens with one attached hydrogen (secondary N) is 1. The zero-order valence-electron chi connectivity index (χ0n) is 19.7. The molecule has 1 aliphatic carbocycles. The van der Waals surface area contributed by atoms with Gasteiger partial charge in [0.1, 0.15) is 0 Å². The van der Waals surface area contributed by atoms with E-state index in [-0.39, 0.29) is 29.3 Å². The monoisotopic (exact) mass is 499 g/mol. The predicted molar refractivity (Wildman–Crippen MR) is 137 cm³/mol. The van der Waals surface area contributed by atoms with E-state index < -0.39 is 10.0 Å². The number of rotatable bonds is 7. The largest absolute Gasteiger partial charge is 0.296 e. The van der Waals surface area contributed by atoms with E-state index in [1.807, 2.05) is 56.3 Å². The van der Waals surface area contributed by atoms with Crippen LogP contribution in [0.15, 0.2) is 59.7 Å². The van der Waals surface area contributed by atoms with Crippen molar-refractivity contribution in [2.45, 2.75) is 58.0 Å². The SMILES string of the molecule is CCS(=O)(=O)N[C@H]1CCc2ncn(C(C)C)c(=O)c2[C@H]1Cc1cccc(-c2cccc(Cl)c2)c1. The number of benzene rings is 2. The second-order valence-corrected chi connectivity index (χ2v) is 11.6. The fraction of sp³-hybridized carbons (Fsp3) is 0.385. The number of hydrogen-bond acceptors (Lipinski definition) is 4. The molecule has 0 saturated heterocycles. The van der Waals surface area contributed by atoms with Crippen molar-refractivity contribution >= 4 is 21.6 Å². The molecule has 1 N–H and O–H groups in total. The van der Waals surface area contributed by atoms with E-state index in [2.05, 4.69) is 15.8 Å². The summed E-state index contributed by atoms with van der Waals surface area (Å²) in [4.78, 5) is 18.1. The lowest BCUT2D eigenvalue weighted by atomic mass is 9.78. The average molecular weight is 500 g/mol. The fourth-order valence-corrected chi connectivity index (χ4v) is 5.75. The summed E-state index contributed by atoms with van der Waals surface area (Å²) in [5, 5.41) is 0.665. The summed E-state index contributed by atoms with van der Waals surface area (Å²) in [5.41, 5.74) is 4.36. The first-order valence-electron chi connectivity index (χ1n) is 11.6.